The van der Waals surface area contributed by atoms with Crippen molar-refractivity contribution in [1.29, 1.82) is 0 Å². The summed E-state index contributed by atoms with van der Waals surface area (Å²) in [4.78, 5) is 9.33. The van der Waals surface area contributed by atoms with Gasteiger partial charge < -0.3 is 5.32 Å². The molecule has 2 aromatic carbocycles. The molecule has 6 heteroatoms. The molecule has 4 aromatic rings. The molecule has 0 aliphatic heterocycles. The number of fused-ring (bicyclic) bond motifs is 1. The van der Waals surface area contributed by atoms with Crippen molar-refractivity contribution in [2.45, 2.75) is 18.6 Å². The second-order valence-electron chi connectivity index (χ2n) is 5.97. The molecule has 2 heterocycles. The molecule has 0 saturated heterocycles. The molecule has 5 nitrogen and oxygen atoms in total. The highest BCUT2D eigenvalue weighted by Crippen LogP contribution is 2.26. The monoisotopic (exact) mass is 361 g/mol. The van der Waals surface area contributed by atoms with Gasteiger partial charge in [-0.1, -0.05) is 54.2 Å². The summed E-state index contributed by atoms with van der Waals surface area (Å²) in [6.45, 7) is 2.83. The van der Waals surface area contributed by atoms with Gasteiger partial charge in [-0.2, -0.15) is 5.10 Å². The maximum absolute atomic E-state index is 4.68. The summed E-state index contributed by atoms with van der Waals surface area (Å²) < 4.78 is 1.86. The Labute approximate surface area is 156 Å². The number of hydrogen-bond acceptors (Lipinski definition) is 5. The first-order valence-electron chi connectivity index (χ1n) is 8.40. The second kappa shape index (κ2) is 7.17. The summed E-state index contributed by atoms with van der Waals surface area (Å²) in [6, 6.07) is 18.4. The lowest BCUT2D eigenvalue weighted by atomic mass is 10.1. The van der Waals surface area contributed by atoms with Crippen LogP contribution in [-0.2, 0) is 6.54 Å². The van der Waals surface area contributed by atoms with Gasteiger partial charge in [0.2, 0.25) is 0 Å². The lowest BCUT2D eigenvalue weighted by Gasteiger charge is -2.10. The number of para-hydroxylation sites is 1. The fraction of sp³-hybridized carbons (Fsp3) is 0.150. The quantitative estimate of drug-likeness (QED) is 0.420. The molecular formula is C20H19N5S. The predicted octanol–water partition coefficient (Wildman–Crippen LogP) is 4.46. The Morgan fingerprint density at radius 1 is 1.00 bits per heavy atom. The molecule has 0 unspecified atom stereocenters. The van der Waals surface area contributed by atoms with Crippen LogP contribution in [0.2, 0.25) is 0 Å². The summed E-state index contributed by atoms with van der Waals surface area (Å²) in [6.07, 6.45) is 3.81. The Balaban J connectivity index is 1.75. The average Bonchev–Trinajstić information content (AvgIpc) is 3.12. The van der Waals surface area contributed by atoms with Crippen molar-refractivity contribution in [3.8, 4) is 5.69 Å². The Kier molecular flexibility index (Phi) is 4.58. The normalized spacial score (nSPS) is 11.0. The van der Waals surface area contributed by atoms with Crippen molar-refractivity contribution < 1.29 is 0 Å². The number of anilines is 1. The van der Waals surface area contributed by atoms with Gasteiger partial charge in [0.1, 0.15) is 5.82 Å². The van der Waals surface area contributed by atoms with Crippen LogP contribution in [0.4, 0.5) is 5.82 Å². The van der Waals surface area contributed by atoms with E-state index in [0.29, 0.717) is 6.54 Å². The van der Waals surface area contributed by atoms with Crippen LogP contribution >= 0.6 is 11.8 Å². The molecule has 0 atom stereocenters. The largest absolute Gasteiger partial charge is 0.365 e. The van der Waals surface area contributed by atoms with Crippen LogP contribution in [-0.4, -0.2) is 26.0 Å². The Bertz CT molecular complexity index is 1040. The molecule has 0 amide bonds. The first-order chi connectivity index (χ1) is 12.8. The van der Waals surface area contributed by atoms with Crippen molar-refractivity contribution in [3.63, 3.8) is 0 Å². The number of benzene rings is 2. The SMILES string of the molecule is CSc1nc(NCc2ccccc2C)c2cnn(-c3ccccc3)c2n1. The molecule has 0 radical (unpaired) electrons. The van der Waals surface area contributed by atoms with Crippen molar-refractivity contribution >= 4 is 28.6 Å². The molecule has 0 saturated carbocycles. The van der Waals surface area contributed by atoms with E-state index in [4.69, 9.17) is 0 Å². The molecule has 0 aliphatic carbocycles. The first kappa shape index (κ1) is 16.6. The van der Waals surface area contributed by atoms with Crippen LogP contribution in [0.25, 0.3) is 16.7 Å². The molecule has 1 N–H and O–H groups in total. The summed E-state index contributed by atoms with van der Waals surface area (Å²) in [7, 11) is 0. The van der Waals surface area contributed by atoms with Crippen LogP contribution in [0.5, 0.6) is 0 Å². The molecule has 2 aromatic heterocycles. The molecule has 4 rings (SSSR count). The minimum atomic E-state index is 0.711. The van der Waals surface area contributed by atoms with Crippen molar-refractivity contribution in [3.05, 3.63) is 71.9 Å². The Morgan fingerprint density at radius 3 is 2.54 bits per heavy atom. The van der Waals surface area contributed by atoms with Gasteiger partial charge in [0, 0.05) is 6.54 Å². The van der Waals surface area contributed by atoms with E-state index in [9.17, 15) is 0 Å². The number of hydrogen-bond donors (Lipinski definition) is 1. The number of aromatic nitrogens is 4. The fourth-order valence-electron chi connectivity index (χ4n) is 2.86. The standard InChI is InChI=1S/C20H19N5S/c1-14-8-6-7-9-15(14)12-21-18-17-13-22-25(16-10-4-3-5-11-16)19(17)24-20(23-18)26-2/h3-11,13H,12H2,1-2H3,(H,21,23,24). The van der Waals surface area contributed by atoms with Gasteiger partial charge in [-0.25, -0.2) is 14.6 Å². The second-order valence-corrected chi connectivity index (χ2v) is 6.74. The zero-order chi connectivity index (χ0) is 17.9. The van der Waals surface area contributed by atoms with Crippen LogP contribution in [0.15, 0.2) is 66.0 Å². The van der Waals surface area contributed by atoms with E-state index in [2.05, 4.69) is 51.6 Å². The van der Waals surface area contributed by atoms with Gasteiger partial charge in [-0.15, -0.1) is 0 Å². The third kappa shape index (κ3) is 3.15. The summed E-state index contributed by atoms with van der Waals surface area (Å²) >= 11 is 1.53. The van der Waals surface area contributed by atoms with Gasteiger partial charge in [0.15, 0.2) is 10.8 Å². The number of rotatable bonds is 5. The van der Waals surface area contributed by atoms with Gasteiger partial charge in [0.05, 0.1) is 17.3 Å². The van der Waals surface area contributed by atoms with Crippen LogP contribution in [0, 0.1) is 6.92 Å². The van der Waals surface area contributed by atoms with Crippen molar-refractivity contribution in [2.24, 2.45) is 0 Å². The maximum atomic E-state index is 4.68. The Morgan fingerprint density at radius 2 is 1.77 bits per heavy atom. The summed E-state index contributed by atoms with van der Waals surface area (Å²) in [5.41, 5.74) is 4.30. The topological polar surface area (TPSA) is 55.6 Å². The highest BCUT2D eigenvalue weighted by Gasteiger charge is 2.14. The van der Waals surface area contributed by atoms with Crippen LogP contribution in [0.3, 0.4) is 0 Å². The first-order valence-corrected chi connectivity index (χ1v) is 9.62. The molecule has 0 aliphatic rings. The smallest absolute Gasteiger partial charge is 0.191 e. The predicted molar refractivity (Wildman–Crippen MR) is 107 cm³/mol. The molecule has 0 fully saturated rings. The number of nitrogens with one attached hydrogen (secondary N) is 1. The van der Waals surface area contributed by atoms with Crippen LogP contribution < -0.4 is 5.32 Å². The van der Waals surface area contributed by atoms with E-state index in [1.807, 2.05) is 47.5 Å². The molecule has 26 heavy (non-hydrogen) atoms. The van der Waals surface area contributed by atoms with Gasteiger partial charge >= 0.3 is 0 Å². The van der Waals surface area contributed by atoms with Crippen LogP contribution in [0.1, 0.15) is 11.1 Å². The lowest BCUT2D eigenvalue weighted by Crippen LogP contribution is -2.05. The van der Waals surface area contributed by atoms with Crippen molar-refractivity contribution in [1.82, 2.24) is 19.7 Å². The van der Waals surface area contributed by atoms with E-state index >= 15 is 0 Å². The number of aryl methyl sites for hydroxylation is 1. The average molecular weight is 361 g/mol. The van der Waals surface area contributed by atoms with E-state index in [0.717, 1.165) is 27.7 Å². The third-order valence-corrected chi connectivity index (χ3v) is 4.85. The zero-order valence-electron chi connectivity index (χ0n) is 14.7. The summed E-state index contributed by atoms with van der Waals surface area (Å²) in [5.74, 6) is 0.810. The number of nitrogens with zero attached hydrogens (tertiary/aromatic N) is 4. The lowest BCUT2D eigenvalue weighted by molar-refractivity contribution is 0.876. The highest BCUT2D eigenvalue weighted by molar-refractivity contribution is 7.98. The molecule has 0 bridgehead atoms. The van der Waals surface area contributed by atoms with E-state index in [1.54, 1.807) is 0 Å². The fourth-order valence-corrected chi connectivity index (χ4v) is 3.22. The van der Waals surface area contributed by atoms with E-state index in [1.165, 1.54) is 22.9 Å². The van der Waals surface area contributed by atoms with E-state index in [-0.39, 0.29) is 0 Å². The minimum absolute atomic E-state index is 0.711. The zero-order valence-corrected chi connectivity index (χ0v) is 15.5. The Hall–Kier alpha value is -2.86. The van der Waals surface area contributed by atoms with Crippen molar-refractivity contribution in [2.75, 3.05) is 11.6 Å². The molecule has 130 valence electrons. The minimum Gasteiger partial charge on any atom is -0.365 e. The third-order valence-electron chi connectivity index (χ3n) is 4.30. The highest BCUT2D eigenvalue weighted by atomic mass is 32.2. The molecule has 0 spiro atoms. The molecular weight excluding hydrogens is 342 g/mol. The van der Waals surface area contributed by atoms with Gasteiger partial charge in [-0.3, -0.25) is 0 Å². The van der Waals surface area contributed by atoms with E-state index < -0.39 is 0 Å². The number of thioether (sulfide) groups is 1. The maximum Gasteiger partial charge on any atom is 0.191 e. The van der Waals surface area contributed by atoms with Gasteiger partial charge in [0.25, 0.3) is 0 Å². The summed E-state index contributed by atoms with van der Waals surface area (Å²) in [5, 5.41) is 9.65. The van der Waals surface area contributed by atoms with Gasteiger partial charge in [-0.05, 0) is 36.4 Å².